The van der Waals surface area contributed by atoms with Crippen LogP contribution in [0.15, 0.2) is 28.2 Å². The van der Waals surface area contributed by atoms with Gasteiger partial charge in [0.25, 0.3) is 5.56 Å². The smallest absolute Gasteiger partial charge is 0.263 e. The van der Waals surface area contributed by atoms with E-state index >= 15 is 0 Å². The van der Waals surface area contributed by atoms with Gasteiger partial charge in [0.1, 0.15) is 16.5 Å². The molecule has 1 aromatic carbocycles. The Bertz CT molecular complexity index is 1400. The van der Waals surface area contributed by atoms with Crippen molar-refractivity contribution in [2.45, 2.75) is 50.5 Å². The highest BCUT2D eigenvalue weighted by Gasteiger charge is 2.27. The van der Waals surface area contributed by atoms with Gasteiger partial charge in [0, 0.05) is 31.0 Å². The number of nitrogens with zero attached hydrogens (tertiary/aromatic N) is 3. The number of halogens is 2. The second kappa shape index (κ2) is 10.3. The monoisotopic (exact) mass is 534 g/mol. The van der Waals surface area contributed by atoms with Crippen molar-refractivity contribution in [2.75, 3.05) is 24.2 Å². The van der Waals surface area contributed by atoms with Crippen molar-refractivity contribution in [1.82, 2.24) is 14.5 Å². The number of thioether (sulfide) groups is 1. The summed E-state index contributed by atoms with van der Waals surface area (Å²) in [6.45, 7) is 3.49. The van der Waals surface area contributed by atoms with E-state index in [9.17, 15) is 23.2 Å². The van der Waals surface area contributed by atoms with Gasteiger partial charge in [-0.1, -0.05) is 11.8 Å². The van der Waals surface area contributed by atoms with Gasteiger partial charge in [-0.05, 0) is 37.0 Å². The molecule has 0 bridgehead atoms. The van der Waals surface area contributed by atoms with E-state index in [4.69, 9.17) is 9.72 Å². The number of thiophene rings is 1. The molecule has 1 N–H and O–H groups in total. The summed E-state index contributed by atoms with van der Waals surface area (Å²) in [5.74, 6) is -2.25. The van der Waals surface area contributed by atoms with Crippen LogP contribution < -0.4 is 10.9 Å². The molecule has 4 heterocycles. The normalized spacial score (nSPS) is 17.4. The van der Waals surface area contributed by atoms with Crippen LogP contribution in [0.2, 0.25) is 0 Å². The van der Waals surface area contributed by atoms with E-state index in [0.29, 0.717) is 54.1 Å². The molecule has 0 spiro atoms. The molecule has 2 aliphatic rings. The second-order valence-corrected chi connectivity index (χ2v) is 10.8. The number of benzene rings is 1. The Labute approximate surface area is 213 Å². The molecule has 1 fully saturated rings. The molecule has 8 nitrogen and oxygen atoms in total. The van der Waals surface area contributed by atoms with Gasteiger partial charge in [-0.15, -0.1) is 11.3 Å². The highest BCUT2D eigenvalue weighted by Crippen LogP contribution is 2.34. The summed E-state index contributed by atoms with van der Waals surface area (Å²) in [4.78, 5) is 46.1. The van der Waals surface area contributed by atoms with E-state index in [1.165, 1.54) is 18.3 Å². The molecular formula is C24H24F2N4O4S2. The zero-order valence-electron chi connectivity index (χ0n) is 19.5. The van der Waals surface area contributed by atoms with Crippen molar-refractivity contribution in [3.05, 3.63) is 50.6 Å². The molecule has 36 heavy (non-hydrogen) atoms. The molecule has 190 valence electrons. The number of anilines is 1. The van der Waals surface area contributed by atoms with Gasteiger partial charge in [0.05, 0.1) is 36.0 Å². The van der Waals surface area contributed by atoms with Crippen LogP contribution in [-0.2, 0) is 33.8 Å². The molecule has 0 unspecified atom stereocenters. The van der Waals surface area contributed by atoms with Gasteiger partial charge < -0.3 is 15.0 Å². The average molecular weight is 535 g/mol. The SMILES string of the molecule is CC(=O)N1CCc2c(sc3nc(SCC(=O)Nc4ccc(F)cc4F)n(C[C@@H]4CCCO4)c(=O)c23)C1. The van der Waals surface area contributed by atoms with E-state index in [1.807, 2.05) is 0 Å². The fourth-order valence-electron chi connectivity index (χ4n) is 4.50. The molecule has 0 aliphatic carbocycles. The quantitative estimate of drug-likeness (QED) is 0.384. The summed E-state index contributed by atoms with van der Waals surface area (Å²) in [5, 5.41) is 3.37. The summed E-state index contributed by atoms with van der Waals surface area (Å²) in [6.07, 6.45) is 2.21. The third-order valence-corrected chi connectivity index (χ3v) is 8.41. The largest absolute Gasteiger partial charge is 0.376 e. The number of carbonyl (C=O) groups excluding carboxylic acids is 2. The predicted molar refractivity (Wildman–Crippen MR) is 133 cm³/mol. The van der Waals surface area contributed by atoms with Crippen LogP contribution in [0.4, 0.5) is 14.5 Å². The molecule has 3 aromatic rings. The van der Waals surface area contributed by atoms with Gasteiger partial charge in [0.15, 0.2) is 5.16 Å². The summed E-state index contributed by atoms with van der Waals surface area (Å²) in [5.41, 5.74) is 0.632. The van der Waals surface area contributed by atoms with Crippen LogP contribution in [0.25, 0.3) is 10.2 Å². The van der Waals surface area contributed by atoms with E-state index in [2.05, 4.69) is 5.32 Å². The van der Waals surface area contributed by atoms with Gasteiger partial charge >= 0.3 is 0 Å². The Morgan fingerprint density at radius 3 is 2.89 bits per heavy atom. The molecule has 1 saturated heterocycles. The van der Waals surface area contributed by atoms with Crippen LogP contribution >= 0.6 is 23.1 Å². The zero-order valence-corrected chi connectivity index (χ0v) is 21.1. The lowest BCUT2D eigenvalue weighted by Crippen LogP contribution is -2.34. The number of hydrogen-bond acceptors (Lipinski definition) is 7. The van der Waals surface area contributed by atoms with E-state index in [-0.39, 0.29) is 29.0 Å². The lowest BCUT2D eigenvalue weighted by molar-refractivity contribution is -0.129. The molecule has 1 atom stereocenters. The molecule has 0 saturated carbocycles. The Hall–Kier alpha value is -2.83. The Balaban J connectivity index is 1.44. The topological polar surface area (TPSA) is 93.5 Å². The van der Waals surface area contributed by atoms with Gasteiger partial charge in [-0.2, -0.15) is 0 Å². The van der Waals surface area contributed by atoms with Crippen molar-refractivity contribution in [2.24, 2.45) is 0 Å². The van der Waals surface area contributed by atoms with Gasteiger partial charge in [-0.25, -0.2) is 13.8 Å². The van der Waals surface area contributed by atoms with Crippen molar-refractivity contribution in [3.63, 3.8) is 0 Å². The first-order valence-corrected chi connectivity index (χ1v) is 13.4. The lowest BCUT2D eigenvalue weighted by Gasteiger charge is -2.25. The molecule has 0 radical (unpaired) electrons. The molecular weight excluding hydrogens is 510 g/mol. The highest BCUT2D eigenvalue weighted by molar-refractivity contribution is 7.99. The Morgan fingerprint density at radius 1 is 1.33 bits per heavy atom. The second-order valence-electron chi connectivity index (χ2n) is 8.78. The molecule has 2 amide bonds. The highest BCUT2D eigenvalue weighted by atomic mass is 32.2. The molecule has 2 aromatic heterocycles. The summed E-state index contributed by atoms with van der Waals surface area (Å²) in [7, 11) is 0. The number of hydrogen-bond donors (Lipinski definition) is 1. The van der Waals surface area contributed by atoms with Crippen molar-refractivity contribution >= 4 is 50.8 Å². The van der Waals surface area contributed by atoms with E-state index < -0.39 is 17.5 Å². The minimum absolute atomic E-state index is 0.0123. The van der Waals surface area contributed by atoms with Crippen molar-refractivity contribution in [3.8, 4) is 0 Å². The lowest BCUT2D eigenvalue weighted by atomic mass is 10.1. The maximum Gasteiger partial charge on any atom is 0.263 e. The first-order valence-electron chi connectivity index (χ1n) is 11.6. The number of fused-ring (bicyclic) bond motifs is 3. The fraction of sp³-hybridized carbons (Fsp3) is 0.417. The number of amides is 2. The fourth-order valence-corrected chi connectivity index (χ4v) is 6.58. The Morgan fingerprint density at radius 2 is 2.17 bits per heavy atom. The van der Waals surface area contributed by atoms with Gasteiger partial charge in [-0.3, -0.25) is 19.0 Å². The van der Waals surface area contributed by atoms with Crippen LogP contribution in [0.5, 0.6) is 0 Å². The van der Waals surface area contributed by atoms with E-state index in [1.54, 1.807) is 9.47 Å². The van der Waals surface area contributed by atoms with Crippen molar-refractivity contribution in [1.29, 1.82) is 0 Å². The zero-order chi connectivity index (χ0) is 25.4. The minimum atomic E-state index is -0.869. The average Bonchev–Trinajstić information content (AvgIpc) is 3.48. The third kappa shape index (κ3) is 5.02. The standard InChI is InChI=1S/C24H24F2N4O4S2/c1-13(31)29-7-6-16-19(11-29)36-22-21(16)23(33)30(10-15-3-2-8-34-15)24(28-22)35-12-20(32)27-18-5-4-14(25)9-17(18)26/h4-5,9,15H,2-3,6-8,10-12H2,1H3,(H,27,32)/t15-/m0/s1. The molecule has 12 heteroatoms. The number of rotatable bonds is 6. The van der Waals surface area contributed by atoms with E-state index in [0.717, 1.165) is 47.2 Å². The van der Waals surface area contributed by atoms with Gasteiger partial charge in [0.2, 0.25) is 11.8 Å². The first-order chi connectivity index (χ1) is 17.3. The third-order valence-electron chi connectivity index (χ3n) is 6.32. The van der Waals surface area contributed by atoms with Crippen molar-refractivity contribution < 1.29 is 23.1 Å². The number of nitrogens with one attached hydrogen (secondary N) is 1. The van der Waals surface area contributed by atoms with Crippen LogP contribution in [-0.4, -0.2) is 51.3 Å². The maximum atomic E-state index is 13.9. The summed E-state index contributed by atoms with van der Waals surface area (Å²) in [6, 6.07) is 2.92. The summed E-state index contributed by atoms with van der Waals surface area (Å²) < 4.78 is 34.4. The van der Waals surface area contributed by atoms with Crippen LogP contribution in [0.1, 0.15) is 30.2 Å². The first kappa shape index (κ1) is 24.8. The Kier molecular flexibility index (Phi) is 7.09. The molecule has 5 rings (SSSR count). The van der Waals surface area contributed by atoms with Crippen LogP contribution in [0.3, 0.4) is 0 Å². The minimum Gasteiger partial charge on any atom is -0.376 e. The van der Waals surface area contributed by atoms with Crippen LogP contribution in [0, 0.1) is 11.6 Å². The number of aromatic nitrogens is 2. The number of carbonyl (C=O) groups is 2. The predicted octanol–water partition coefficient (Wildman–Crippen LogP) is 3.55. The molecule has 2 aliphatic heterocycles. The maximum absolute atomic E-state index is 13.9. The number of ether oxygens (including phenoxy) is 1. The summed E-state index contributed by atoms with van der Waals surface area (Å²) >= 11 is 2.47.